The van der Waals surface area contributed by atoms with Gasteiger partial charge in [0.25, 0.3) is 5.91 Å². The molecule has 3 aromatic rings. The van der Waals surface area contributed by atoms with Gasteiger partial charge in [0.15, 0.2) is 0 Å². The van der Waals surface area contributed by atoms with Crippen molar-refractivity contribution >= 4 is 22.7 Å². The highest BCUT2D eigenvalue weighted by atomic mass is 16.2. The predicted octanol–water partition coefficient (Wildman–Crippen LogP) is 5.35. The summed E-state index contributed by atoms with van der Waals surface area (Å²) in [6, 6.07) is 20.0. The first-order valence-electron chi connectivity index (χ1n) is 13.0. The molecule has 5 heteroatoms. The fourth-order valence-corrected chi connectivity index (χ4v) is 5.78. The average Bonchev–Trinajstić information content (AvgIpc) is 3.14. The van der Waals surface area contributed by atoms with Crippen LogP contribution in [0.4, 0.5) is 0 Å². The molecule has 0 radical (unpaired) electrons. The Balaban J connectivity index is 1.18. The molecule has 0 aliphatic carbocycles. The van der Waals surface area contributed by atoms with Gasteiger partial charge in [-0.3, -0.25) is 14.6 Å². The molecule has 2 aromatic carbocycles. The van der Waals surface area contributed by atoms with Crippen LogP contribution in [0, 0.1) is 11.3 Å². The number of nitrogens with zero attached hydrogens (tertiary/aromatic N) is 3. The van der Waals surface area contributed by atoms with E-state index in [0.29, 0.717) is 19.0 Å². The number of aromatic nitrogens is 1. The summed E-state index contributed by atoms with van der Waals surface area (Å²) in [6.07, 6.45) is 7.57. The highest BCUT2D eigenvalue weighted by molar-refractivity contribution is 5.94. The van der Waals surface area contributed by atoms with Crippen LogP contribution < -0.4 is 0 Å². The van der Waals surface area contributed by atoms with Gasteiger partial charge in [0, 0.05) is 48.7 Å². The molecule has 2 aliphatic heterocycles. The molecule has 182 valence electrons. The number of carbonyl (C=O) groups excluding carboxylic acids is 2. The van der Waals surface area contributed by atoms with Crippen molar-refractivity contribution in [2.24, 2.45) is 11.3 Å². The molecule has 2 amide bonds. The number of pyridine rings is 1. The smallest absolute Gasteiger partial charge is 0.253 e. The molecule has 1 unspecified atom stereocenters. The number of carbonyl (C=O) groups is 2. The second kappa shape index (κ2) is 10.2. The molecule has 2 fully saturated rings. The van der Waals surface area contributed by atoms with Crippen LogP contribution in [0.5, 0.6) is 0 Å². The molecule has 5 rings (SSSR count). The van der Waals surface area contributed by atoms with E-state index in [9.17, 15) is 9.59 Å². The number of hydrogen-bond acceptors (Lipinski definition) is 3. The van der Waals surface area contributed by atoms with Crippen molar-refractivity contribution in [3.63, 3.8) is 0 Å². The van der Waals surface area contributed by atoms with Gasteiger partial charge in [-0.05, 0) is 68.2 Å². The van der Waals surface area contributed by atoms with Crippen molar-refractivity contribution in [1.82, 2.24) is 14.8 Å². The lowest BCUT2D eigenvalue weighted by Crippen LogP contribution is -2.50. The quantitative estimate of drug-likeness (QED) is 0.518. The molecule has 2 aliphatic rings. The third-order valence-electron chi connectivity index (χ3n) is 8.05. The van der Waals surface area contributed by atoms with Gasteiger partial charge < -0.3 is 9.80 Å². The maximum absolute atomic E-state index is 13.6. The number of hydrogen-bond donors (Lipinski definition) is 0. The van der Waals surface area contributed by atoms with Crippen molar-refractivity contribution in [2.75, 3.05) is 26.2 Å². The zero-order valence-electron chi connectivity index (χ0n) is 20.7. The van der Waals surface area contributed by atoms with Gasteiger partial charge in [-0.25, -0.2) is 0 Å². The van der Waals surface area contributed by atoms with E-state index >= 15 is 0 Å². The summed E-state index contributed by atoms with van der Waals surface area (Å²) in [6.45, 7) is 5.04. The number of para-hydroxylation sites is 1. The lowest BCUT2D eigenvalue weighted by molar-refractivity contribution is -0.143. The topological polar surface area (TPSA) is 53.5 Å². The zero-order valence-corrected chi connectivity index (χ0v) is 20.7. The van der Waals surface area contributed by atoms with Crippen LogP contribution in [0.15, 0.2) is 66.9 Å². The second-order valence-electron chi connectivity index (χ2n) is 10.5. The van der Waals surface area contributed by atoms with E-state index in [1.807, 2.05) is 47.5 Å². The van der Waals surface area contributed by atoms with Crippen LogP contribution in [0.3, 0.4) is 0 Å². The summed E-state index contributed by atoms with van der Waals surface area (Å²) in [5.41, 5.74) is 2.77. The van der Waals surface area contributed by atoms with E-state index in [2.05, 4.69) is 41.1 Å². The van der Waals surface area contributed by atoms with Crippen LogP contribution in [0.2, 0.25) is 0 Å². The van der Waals surface area contributed by atoms with Crippen molar-refractivity contribution in [3.8, 4) is 0 Å². The predicted molar refractivity (Wildman–Crippen MR) is 139 cm³/mol. The minimum absolute atomic E-state index is 0.0700. The van der Waals surface area contributed by atoms with E-state index in [1.54, 1.807) is 0 Å². The molecular formula is C30H35N3O2. The number of piperidine rings is 1. The SMILES string of the molecule is CC1(C(=O)N2CCCC(Cc3cccc4cccnc34)CC2)CCN(C(=O)c2ccccc2)CC1. The Morgan fingerprint density at radius 2 is 1.66 bits per heavy atom. The Morgan fingerprint density at radius 1 is 0.886 bits per heavy atom. The zero-order chi connectivity index (χ0) is 24.3. The number of amides is 2. The Bertz CT molecular complexity index is 1180. The highest BCUT2D eigenvalue weighted by Crippen LogP contribution is 2.35. The minimum Gasteiger partial charge on any atom is -0.342 e. The van der Waals surface area contributed by atoms with Crippen LogP contribution >= 0.6 is 0 Å². The number of likely N-dealkylation sites (tertiary alicyclic amines) is 2. The first-order chi connectivity index (χ1) is 17.0. The van der Waals surface area contributed by atoms with Crippen LogP contribution in [0.25, 0.3) is 10.9 Å². The molecule has 35 heavy (non-hydrogen) atoms. The Kier molecular flexibility index (Phi) is 6.85. The van der Waals surface area contributed by atoms with Gasteiger partial charge >= 0.3 is 0 Å². The summed E-state index contributed by atoms with van der Waals surface area (Å²) >= 11 is 0. The van der Waals surface area contributed by atoms with E-state index in [0.717, 1.165) is 62.7 Å². The third-order valence-corrected chi connectivity index (χ3v) is 8.05. The standard InChI is InChI=1S/C30H35N3O2/c1-30(15-20-32(21-16-30)28(34)25-9-3-2-4-10-25)29(35)33-18-7-8-23(14-19-33)22-26-12-5-11-24-13-6-17-31-27(24)26/h2-6,9-13,17,23H,7-8,14-16,18-22H2,1H3. The molecule has 1 aromatic heterocycles. The average molecular weight is 470 g/mol. The van der Waals surface area contributed by atoms with Crippen molar-refractivity contribution in [2.45, 2.75) is 45.4 Å². The molecular weight excluding hydrogens is 434 g/mol. The molecule has 0 N–H and O–H groups in total. The van der Waals surface area contributed by atoms with Gasteiger partial charge in [0.1, 0.15) is 0 Å². The van der Waals surface area contributed by atoms with Crippen LogP contribution in [-0.2, 0) is 11.2 Å². The Morgan fingerprint density at radius 3 is 2.46 bits per heavy atom. The molecule has 1 atom stereocenters. The maximum atomic E-state index is 13.6. The molecule has 0 saturated carbocycles. The summed E-state index contributed by atoms with van der Waals surface area (Å²) in [7, 11) is 0. The van der Waals surface area contributed by atoms with E-state index in [-0.39, 0.29) is 17.2 Å². The summed E-state index contributed by atoms with van der Waals surface area (Å²) < 4.78 is 0. The largest absolute Gasteiger partial charge is 0.342 e. The van der Waals surface area contributed by atoms with Crippen molar-refractivity contribution in [1.29, 1.82) is 0 Å². The monoisotopic (exact) mass is 469 g/mol. The minimum atomic E-state index is -0.382. The third kappa shape index (κ3) is 5.09. The fourth-order valence-electron chi connectivity index (χ4n) is 5.78. The van der Waals surface area contributed by atoms with E-state index < -0.39 is 0 Å². The van der Waals surface area contributed by atoms with Gasteiger partial charge in [-0.1, -0.05) is 49.4 Å². The van der Waals surface area contributed by atoms with Gasteiger partial charge in [-0.15, -0.1) is 0 Å². The van der Waals surface area contributed by atoms with Crippen LogP contribution in [-0.4, -0.2) is 52.8 Å². The molecule has 0 bridgehead atoms. The Hall–Kier alpha value is -3.21. The maximum Gasteiger partial charge on any atom is 0.253 e. The number of rotatable bonds is 4. The molecule has 3 heterocycles. The van der Waals surface area contributed by atoms with E-state index in [1.165, 1.54) is 10.9 Å². The normalized spacial score (nSPS) is 20.4. The lowest BCUT2D eigenvalue weighted by Gasteiger charge is -2.41. The number of fused-ring (bicyclic) bond motifs is 1. The fraction of sp³-hybridized carbons (Fsp3) is 0.433. The summed E-state index contributed by atoms with van der Waals surface area (Å²) in [4.78, 5) is 35.1. The lowest BCUT2D eigenvalue weighted by atomic mass is 9.78. The van der Waals surface area contributed by atoms with E-state index in [4.69, 9.17) is 0 Å². The summed E-state index contributed by atoms with van der Waals surface area (Å²) in [5.74, 6) is 0.913. The first-order valence-corrected chi connectivity index (χ1v) is 13.0. The van der Waals surface area contributed by atoms with Crippen molar-refractivity contribution < 1.29 is 9.59 Å². The van der Waals surface area contributed by atoms with Gasteiger partial charge in [-0.2, -0.15) is 0 Å². The molecule has 2 saturated heterocycles. The second-order valence-corrected chi connectivity index (χ2v) is 10.5. The van der Waals surface area contributed by atoms with Gasteiger partial charge in [0.2, 0.25) is 5.91 Å². The Labute approximate surface area is 208 Å². The molecule has 0 spiro atoms. The summed E-state index contributed by atoms with van der Waals surface area (Å²) in [5, 5.41) is 1.19. The van der Waals surface area contributed by atoms with Crippen molar-refractivity contribution in [3.05, 3.63) is 78.0 Å². The highest BCUT2D eigenvalue weighted by Gasteiger charge is 2.41. The molecule has 5 nitrogen and oxygen atoms in total. The van der Waals surface area contributed by atoms with Crippen LogP contribution in [0.1, 0.15) is 54.9 Å². The number of benzene rings is 2. The first kappa shape index (κ1) is 23.5. The van der Waals surface area contributed by atoms with Gasteiger partial charge in [0.05, 0.1) is 5.52 Å².